The van der Waals surface area contributed by atoms with Crippen LogP contribution in [0.15, 0.2) is 23.8 Å². The Bertz CT molecular complexity index is 644. The molecule has 7 heteroatoms. The first-order valence-corrected chi connectivity index (χ1v) is 8.21. The van der Waals surface area contributed by atoms with Gasteiger partial charge in [-0.25, -0.2) is 15.0 Å². The molecule has 1 unspecified atom stereocenters. The molecule has 0 radical (unpaired) electrons. The van der Waals surface area contributed by atoms with Crippen molar-refractivity contribution in [2.75, 3.05) is 26.7 Å². The maximum atomic E-state index is 12.5. The van der Waals surface area contributed by atoms with Crippen LogP contribution in [-0.4, -0.2) is 63.4 Å². The van der Waals surface area contributed by atoms with E-state index < -0.39 is 0 Å². The van der Waals surface area contributed by atoms with Crippen molar-refractivity contribution in [3.63, 3.8) is 0 Å². The lowest BCUT2D eigenvalue weighted by Gasteiger charge is -2.38. The average Bonchev–Trinajstić information content (AvgIpc) is 2.96. The molecule has 3 heterocycles. The molecule has 1 atom stereocenters. The highest BCUT2D eigenvalue weighted by molar-refractivity contribution is 7.13. The number of amides is 1. The number of likely N-dealkylation sites (N-methyl/N-ethyl adjacent to an activating group) is 1. The van der Waals surface area contributed by atoms with Gasteiger partial charge in [0.2, 0.25) is 5.91 Å². The molecule has 0 bridgehead atoms. The number of carbonyl (C=O) groups is 1. The third-order valence-electron chi connectivity index (χ3n) is 3.79. The smallest absolute Gasteiger partial charge is 0.228 e. The summed E-state index contributed by atoms with van der Waals surface area (Å²) in [5, 5.41) is 2.68. The summed E-state index contributed by atoms with van der Waals surface area (Å²) in [6.07, 6.45) is 3.73. The second kappa shape index (κ2) is 6.50. The first-order chi connectivity index (χ1) is 10.6. The monoisotopic (exact) mass is 317 g/mol. The molecule has 1 aliphatic rings. The largest absolute Gasteiger partial charge is 0.337 e. The highest BCUT2D eigenvalue weighted by Gasteiger charge is 2.26. The third kappa shape index (κ3) is 3.31. The van der Waals surface area contributed by atoms with E-state index in [1.165, 1.54) is 11.3 Å². The van der Waals surface area contributed by atoms with Crippen LogP contribution in [0.2, 0.25) is 0 Å². The normalized spacial score (nSPS) is 19.4. The van der Waals surface area contributed by atoms with Crippen LogP contribution in [-0.2, 0) is 11.2 Å². The Hall–Kier alpha value is -1.86. The summed E-state index contributed by atoms with van der Waals surface area (Å²) < 4.78 is 0. The van der Waals surface area contributed by atoms with Gasteiger partial charge in [0.15, 0.2) is 10.8 Å². The van der Waals surface area contributed by atoms with Crippen LogP contribution in [0.5, 0.6) is 0 Å². The van der Waals surface area contributed by atoms with Crippen molar-refractivity contribution in [3.8, 4) is 10.8 Å². The quantitative estimate of drug-likeness (QED) is 0.854. The van der Waals surface area contributed by atoms with Crippen LogP contribution in [0, 0.1) is 0 Å². The standard InChI is InChI=1S/C15H19N5OS/c1-11-9-19(2)6-7-20(11)13(21)8-12-10-22-15(18-12)14-16-4-3-5-17-14/h3-5,10-11H,6-9H2,1-2H3. The molecule has 2 aromatic heterocycles. The van der Waals surface area contributed by atoms with Crippen molar-refractivity contribution in [2.45, 2.75) is 19.4 Å². The van der Waals surface area contributed by atoms with E-state index in [1.54, 1.807) is 18.5 Å². The summed E-state index contributed by atoms with van der Waals surface area (Å²) in [5.41, 5.74) is 0.795. The van der Waals surface area contributed by atoms with Gasteiger partial charge in [0.1, 0.15) is 0 Å². The summed E-state index contributed by atoms with van der Waals surface area (Å²) in [6.45, 7) is 4.73. The van der Waals surface area contributed by atoms with Gasteiger partial charge in [0.05, 0.1) is 12.1 Å². The molecule has 0 aliphatic carbocycles. The first-order valence-electron chi connectivity index (χ1n) is 7.33. The number of aromatic nitrogens is 3. The molecule has 22 heavy (non-hydrogen) atoms. The van der Waals surface area contributed by atoms with Crippen LogP contribution in [0.25, 0.3) is 10.8 Å². The number of piperazine rings is 1. The van der Waals surface area contributed by atoms with Crippen LogP contribution >= 0.6 is 11.3 Å². The highest BCUT2D eigenvalue weighted by atomic mass is 32.1. The zero-order valence-electron chi connectivity index (χ0n) is 12.8. The average molecular weight is 317 g/mol. The van der Waals surface area contributed by atoms with Crippen molar-refractivity contribution >= 4 is 17.2 Å². The maximum Gasteiger partial charge on any atom is 0.228 e. The topological polar surface area (TPSA) is 62.2 Å². The van der Waals surface area contributed by atoms with Gasteiger partial charge in [-0.3, -0.25) is 4.79 Å². The Labute approximate surface area is 133 Å². The molecule has 0 aromatic carbocycles. The molecule has 0 saturated carbocycles. The minimum atomic E-state index is 0.145. The fourth-order valence-corrected chi connectivity index (χ4v) is 3.43. The molecule has 3 rings (SSSR count). The van der Waals surface area contributed by atoms with Gasteiger partial charge < -0.3 is 9.80 Å². The van der Waals surface area contributed by atoms with E-state index in [0.717, 1.165) is 30.3 Å². The summed E-state index contributed by atoms with van der Waals surface area (Å²) in [5.74, 6) is 0.755. The fraction of sp³-hybridized carbons (Fsp3) is 0.467. The van der Waals surface area contributed by atoms with Crippen LogP contribution in [0.1, 0.15) is 12.6 Å². The van der Waals surface area contributed by atoms with E-state index in [-0.39, 0.29) is 11.9 Å². The molecule has 0 N–H and O–H groups in total. The minimum absolute atomic E-state index is 0.145. The van der Waals surface area contributed by atoms with E-state index in [2.05, 4.69) is 33.8 Å². The molecule has 2 aromatic rings. The predicted octanol–water partition coefficient (Wildman–Crippen LogP) is 1.31. The third-order valence-corrected chi connectivity index (χ3v) is 4.68. The molecule has 1 fully saturated rings. The number of carbonyl (C=O) groups excluding carboxylic acids is 1. The maximum absolute atomic E-state index is 12.5. The number of rotatable bonds is 3. The molecule has 0 spiro atoms. The lowest BCUT2D eigenvalue weighted by molar-refractivity contribution is -0.134. The fourth-order valence-electron chi connectivity index (χ4n) is 2.67. The summed E-state index contributed by atoms with van der Waals surface area (Å²) >= 11 is 1.48. The van der Waals surface area contributed by atoms with Crippen molar-refractivity contribution in [2.24, 2.45) is 0 Å². The first kappa shape index (κ1) is 15.1. The molecular weight excluding hydrogens is 298 g/mol. The van der Waals surface area contributed by atoms with Crippen LogP contribution in [0.3, 0.4) is 0 Å². The molecule has 1 saturated heterocycles. The molecule has 1 aliphatic heterocycles. The number of hydrogen-bond donors (Lipinski definition) is 0. The lowest BCUT2D eigenvalue weighted by atomic mass is 10.1. The number of thiazole rings is 1. The predicted molar refractivity (Wildman–Crippen MR) is 85.5 cm³/mol. The molecule has 1 amide bonds. The number of hydrogen-bond acceptors (Lipinski definition) is 6. The zero-order valence-corrected chi connectivity index (χ0v) is 13.6. The second-order valence-corrected chi connectivity index (χ2v) is 6.45. The van der Waals surface area contributed by atoms with Crippen molar-refractivity contribution in [1.82, 2.24) is 24.8 Å². The van der Waals surface area contributed by atoms with Gasteiger partial charge in [0.25, 0.3) is 0 Å². The Morgan fingerprint density at radius 1 is 1.36 bits per heavy atom. The second-order valence-electron chi connectivity index (χ2n) is 5.59. The number of nitrogens with zero attached hydrogens (tertiary/aromatic N) is 5. The van der Waals surface area contributed by atoms with Gasteiger partial charge in [-0.1, -0.05) is 0 Å². The van der Waals surface area contributed by atoms with Gasteiger partial charge in [-0.2, -0.15) is 0 Å². The summed E-state index contributed by atoms with van der Waals surface area (Å²) in [7, 11) is 2.09. The SMILES string of the molecule is CC1CN(C)CCN1C(=O)Cc1csc(-c2ncccn2)n1. The Balaban J connectivity index is 1.66. The highest BCUT2D eigenvalue weighted by Crippen LogP contribution is 2.20. The van der Waals surface area contributed by atoms with Gasteiger partial charge in [-0.15, -0.1) is 11.3 Å². The van der Waals surface area contributed by atoms with E-state index in [4.69, 9.17) is 0 Å². The molecule has 6 nitrogen and oxygen atoms in total. The Kier molecular flexibility index (Phi) is 4.44. The zero-order chi connectivity index (χ0) is 15.5. The van der Waals surface area contributed by atoms with Gasteiger partial charge >= 0.3 is 0 Å². The van der Waals surface area contributed by atoms with Crippen molar-refractivity contribution in [1.29, 1.82) is 0 Å². The molecular formula is C15H19N5OS. The molecule has 116 valence electrons. The van der Waals surface area contributed by atoms with Crippen molar-refractivity contribution < 1.29 is 4.79 Å². The lowest BCUT2D eigenvalue weighted by Crippen LogP contribution is -2.53. The van der Waals surface area contributed by atoms with E-state index in [1.807, 2.05) is 10.3 Å². The summed E-state index contributed by atoms with van der Waals surface area (Å²) in [4.78, 5) is 29.5. The van der Waals surface area contributed by atoms with Gasteiger partial charge in [0, 0.05) is 43.4 Å². The Morgan fingerprint density at radius 3 is 2.86 bits per heavy atom. The van der Waals surface area contributed by atoms with Crippen LogP contribution < -0.4 is 0 Å². The van der Waals surface area contributed by atoms with E-state index in [9.17, 15) is 4.79 Å². The summed E-state index contributed by atoms with van der Waals surface area (Å²) in [6, 6.07) is 2.03. The minimum Gasteiger partial charge on any atom is -0.337 e. The van der Waals surface area contributed by atoms with Crippen LogP contribution in [0.4, 0.5) is 0 Å². The van der Waals surface area contributed by atoms with Gasteiger partial charge in [-0.05, 0) is 20.0 Å². The van der Waals surface area contributed by atoms with E-state index in [0.29, 0.717) is 12.2 Å². The van der Waals surface area contributed by atoms with E-state index >= 15 is 0 Å². The Morgan fingerprint density at radius 2 is 2.14 bits per heavy atom. The van der Waals surface area contributed by atoms with Crippen molar-refractivity contribution in [3.05, 3.63) is 29.5 Å².